The minimum absolute atomic E-state index is 0.536. The monoisotopic (exact) mass is 875 g/mol. The van der Waals surface area contributed by atoms with Crippen LogP contribution in [-0.4, -0.2) is 13.2 Å². The van der Waals surface area contributed by atoms with E-state index in [0.717, 1.165) is 48.7 Å². The first kappa shape index (κ1) is 51.6. The molecular formula is C63H86O2. The molecule has 2 saturated carbocycles. The van der Waals surface area contributed by atoms with Crippen molar-refractivity contribution < 1.29 is 9.47 Å². The molecule has 0 N–H and O–H groups in total. The molecule has 2 aliphatic carbocycles. The van der Waals surface area contributed by atoms with E-state index >= 15 is 0 Å². The molecule has 2 fully saturated rings. The van der Waals surface area contributed by atoms with E-state index in [4.69, 9.17) is 9.47 Å². The summed E-state index contributed by atoms with van der Waals surface area (Å²) in [5, 5.41) is 0. The lowest BCUT2D eigenvalue weighted by molar-refractivity contribution is 0.306. The van der Waals surface area contributed by atoms with Crippen LogP contribution < -0.4 is 9.47 Å². The smallest absolute Gasteiger partial charge is 0.119 e. The molecule has 0 atom stereocenters. The summed E-state index contributed by atoms with van der Waals surface area (Å²) in [7, 11) is 0. The third-order valence-electron chi connectivity index (χ3n) is 13.8. The van der Waals surface area contributed by atoms with Crippen LogP contribution >= 0.6 is 0 Å². The number of ether oxygens (including phenoxy) is 2. The normalized spacial score (nSPS) is 18.0. The molecule has 0 saturated heterocycles. The molecule has 0 bridgehead atoms. The van der Waals surface area contributed by atoms with Gasteiger partial charge in [0.15, 0.2) is 0 Å². The van der Waals surface area contributed by atoms with E-state index in [9.17, 15) is 0 Å². The van der Waals surface area contributed by atoms with Gasteiger partial charge in [0.2, 0.25) is 0 Å². The number of hydrogen-bond acceptors (Lipinski definition) is 2. The van der Waals surface area contributed by atoms with Crippen LogP contribution in [0.1, 0.15) is 221 Å². The molecule has 2 nitrogen and oxygen atoms in total. The van der Waals surface area contributed by atoms with E-state index in [2.05, 4.69) is 148 Å². The average Bonchev–Trinajstić information content (AvgIpc) is 3.36. The lowest BCUT2D eigenvalue weighted by Crippen LogP contribution is -2.12. The van der Waals surface area contributed by atoms with E-state index in [1.165, 1.54) is 170 Å². The summed E-state index contributed by atoms with van der Waals surface area (Å²) in [5.41, 5.74) is 8.27. The summed E-state index contributed by atoms with van der Waals surface area (Å²) in [6, 6.07) is 35.6. The zero-order chi connectivity index (χ0) is 45.6. The quantitative estimate of drug-likeness (QED) is 0.0546. The van der Waals surface area contributed by atoms with Crippen LogP contribution in [0.4, 0.5) is 0 Å². The number of rotatable bonds is 23. The third kappa shape index (κ3) is 20.3. The van der Waals surface area contributed by atoms with Crippen molar-refractivity contribution in [1.82, 2.24) is 0 Å². The molecule has 0 heterocycles. The summed E-state index contributed by atoms with van der Waals surface area (Å²) in [4.78, 5) is 0. The summed E-state index contributed by atoms with van der Waals surface area (Å²) in [6.07, 6.45) is 31.7. The Morgan fingerprint density at radius 1 is 0.369 bits per heavy atom. The number of hydrogen-bond donors (Lipinski definition) is 0. The predicted molar refractivity (Wildman–Crippen MR) is 279 cm³/mol. The Balaban J connectivity index is 0.000000244. The van der Waals surface area contributed by atoms with Crippen molar-refractivity contribution in [3.63, 3.8) is 0 Å². The van der Waals surface area contributed by atoms with Gasteiger partial charge in [0.1, 0.15) is 11.5 Å². The van der Waals surface area contributed by atoms with Gasteiger partial charge in [-0.1, -0.05) is 171 Å². The standard InChI is InChI=1S/C32H44O.C31H42O/c1-3-5-7-8-9-11-27-14-20-30(21-15-27)31-22-16-28(17-23-31)12-13-29-18-24-32(25-19-29)33-26-10-6-4-2;1-3-5-7-8-10-26-13-19-29(20-14-26)30-21-15-27(16-22-30)11-12-28-17-23-31(24-18-28)32-25-9-6-4-2/h14-15,18-21,24-25,28,31H,3-11,16-17,22-23,26H2,1-2H3;13-14,17-20,23-24,27,30H,3-10,15-16,21-22,25H2,1-2H3. The maximum absolute atomic E-state index is 5.80. The highest BCUT2D eigenvalue weighted by Gasteiger charge is 2.22. The van der Waals surface area contributed by atoms with Gasteiger partial charge in [0, 0.05) is 23.0 Å². The molecule has 0 radical (unpaired) electrons. The predicted octanol–water partition coefficient (Wildman–Crippen LogP) is 17.8. The minimum Gasteiger partial charge on any atom is -0.494 e. The van der Waals surface area contributed by atoms with Crippen molar-refractivity contribution >= 4 is 0 Å². The van der Waals surface area contributed by atoms with Crippen molar-refractivity contribution in [2.45, 2.75) is 200 Å². The Bertz CT molecular complexity index is 1930. The second kappa shape index (κ2) is 31.5. The second-order valence-corrected chi connectivity index (χ2v) is 19.3. The van der Waals surface area contributed by atoms with Crippen molar-refractivity contribution in [2.24, 2.45) is 11.8 Å². The van der Waals surface area contributed by atoms with Gasteiger partial charge in [0.25, 0.3) is 0 Å². The van der Waals surface area contributed by atoms with Gasteiger partial charge in [-0.2, -0.15) is 0 Å². The van der Waals surface area contributed by atoms with Gasteiger partial charge in [-0.25, -0.2) is 0 Å². The summed E-state index contributed by atoms with van der Waals surface area (Å²) >= 11 is 0. The highest BCUT2D eigenvalue weighted by Crippen LogP contribution is 2.37. The fraction of sp³-hybridized carbons (Fsp3) is 0.556. The zero-order valence-electron chi connectivity index (χ0n) is 41.5. The molecule has 0 unspecified atom stereocenters. The van der Waals surface area contributed by atoms with E-state index in [1.54, 1.807) is 0 Å². The Labute approximate surface area is 398 Å². The van der Waals surface area contributed by atoms with E-state index < -0.39 is 0 Å². The van der Waals surface area contributed by atoms with Gasteiger partial charge in [0.05, 0.1) is 13.2 Å². The van der Waals surface area contributed by atoms with Gasteiger partial charge in [-0.15, -0.1) is 0 Å². The van der Waals surface area contributed by atoms with Crippen LogP contribution in [0.25, 0.3) is 0 Å². The van der Waals surface area contributed by atoms with Crippen molar-refractivity contribution in [2.75, 3.05) is 13.2 Å². The fourth-order valence-corrected chi connectivity index (χ4v) is 9.47. The van der Waals surface area contributed by atoms with E-state index in [1.807, 2.05) is 0 Å². The Morgan fingerprint density at radius 2 is 0.708 bits per heavy atom. The summed E-state index contributed by atoms with van der Waals surface area (Å²) in [5.74, 6) is 18.3. The van der Waals surface area contributed by atoms with Crippen molar-refractivity contribution in [1.29, 1.82) is 0 Å². The highest BCUT2D eigenvalue weighted by molar-refractivity contribution is 5.40. The first-order valence-electron chi connectivity index (χ1n) is 26.7. The van der Waals surface area contributed by atoms with Crippen LogP contribution in [0.2, 0.25) is 0 Å². The largest absolute Gasteiger partial charge is 0.494 e. The SMILES string of the molecule is CCCCCCCc1ccc(C2CCC(C#Cc3ccc(OCCCCC)cc3)CC2)cc1.CCCCCCc1ccc(C2CCC(C#Cc3ccc(OCCCCC)cc3)CC2)cc1. The summed E-state index contributed by atoms with van der Waals surface area (Å²) < 4.78 is 11.6. The highest BCUT2D eigenvalue weighted by atomic mass is 16.5. The Morgan fingerprint density at radius 3 is 1.08 bits per heavy atom. The first-order valence-corrected chi connectivity index (χ1v) is 26.7. The molecule has 350 valence electrons. The van der Waals surface area contributed by atoms with Gasteiger partial charge >= 0.3 is 0 Å². The number of benzene rings is 4. The van der Waals surface area contributed by atoms with E-state index in [-0.39, 0.29) is 0 Å². The fourth-order valence-electron chi connectivity index (χ4n) is 9.47. The Kier molecular flexibility index (Phi) is 25.0. The minimum atomic E-state index is 0.536. The van der Waals surface area contributed by atoms with Crippen LogP contribution in [-0.2, 0) is 12.8 Å². The maximum atomic E-state index is 5.80. The molecule has 4 aromatic rings. The molecule has 2 heteroatoms. The van der Waals surface area contributed by atoms with Gasteiger partial charge in [-0.3, -0.25) is 0 Å². The van der Waals surface area contributed by atoms with Crippen LogP contribution in [0.5, 0.6) is 11.5 Å². The number of aryl methyl sites for hydroxylation is 2. The van der Waals surface area contributed by atoms with Crippen LogP contribution in [0, 0.1) is 35.5 Å². The van der Waals surface area contributed by atoms with Crippen molar-refractivity contribution in [3.05, 3.63) is 130 Å². The molecule has 0 aromatic heterocycles. The van der Waals surface area contributed by atoms with Crippen LogP contribution in [0.15, 0.2) is 97.1 Å². The molecule has 0 amide bonds. The first-order chi connectivity index (χ1) is 32.1. The second-order valence-electron chi connectivity index (χ2n) is 19.3. The molecular weight excluding hydrogens is 789 g/mol. The Hall–Kier alpha value is -4.40. The summed E-state index contributed by atoms with van der Waals surface area (Å²) in [6.45, 7) is 10.6. The van der Waals surface area contributed by atoms with E-state index in [0.29, 0.717) is 23.7 Å². The third-order valence-corrected chi connectivity index (χ3v) is 13.8. The van der Waals surface area contributed by atoms with Gasteiger partial charge in [-0.05, 0) is 173 Å². The number of unbranched alkanes of at least 4 members (excludes halogenated alkanes) is 11. The zero-order valence-corrected chi connectivity index (χ0v) is 41.5. The molecule has 4 aromatic carbocycles. The van der Waals surface area contributed by atoms with Crippen molar-refractivity contribution in [3.8, 4) is 35.2 Å². The molecule has 2 aliphatic rings. The maximum Gasteiger partial charge on any atom is 0.119 e. The molecule has 65 heavy (non-hydrogen) atoms. The topological polar surface area (TPSA) is 18.5 Å². The molecule has 0 aliphatic heterocycles. The molecule has 6 rings (SSSR count). The lowest BCUT2D eigenvalue weighted by atomic mass is 9.78. The average molecular weight is 875 g/mol. The molecule has 0 spiro atoms. The lowest BCUT2D eigenvalue weighted by Gasteiger charge is -2.26. The van der Waals surface area contributed by atoms with Crippen LogP contribution in [0.3, 0.4) is 0 Å². The van der Waals surface area contributed by atoms with Gasteiger partial charge < -0.3 is 9.47 Å².